The number of aromatic nitrogens is 2. The van der Waals surface area contributed by atoms with E-state index in [0.717, 1.165) is 22.2 Å². The van der Waals surface area contributed by atoms with Crippen molar-refractivity contribution in [3.8, 4) is 5.75 Å². The van der Waals surface area contributed by atoms with Gasteiger partial charge < -0.3 is 9.84 Å². The van der Waals surface area contributed by atoms with Gasteiger partial charge in [0.25, 0.3) is 5.56 Å². The molecule has 0 saturated carbocycles. The molecule has 0 aliphatic rings. The molecule has 0 saturated heterocycles. The Morgan fingerprint density at radius 3 is 2.52 bits per heavy atom. The number of aliphatic carboxylic acids is 1. The van der Waals surface area contributed by atoms with E-state index in [-0.39, 0.29) is 21.4 Å². The maximum absolute atomic E-state index is 13.0. The van der Waals surface area contributed by atoms with E-state index >= 15 is 0 Å². The fourth-order valence-corrected chi connectivity index (χ4v) is 4.60. The van der Waals surface area contributed by atoms with Crippen molar-refractivity contribution in [2.45, 2.75) is 13.8 Å². The molecule has 6 nitrogen and oxygen atoms in total. The SMILES string of the molecule is Cc1cc2nc3s/c(=C\c4cc(Cl)c(OCC(=O)O)c(Cl)c4)c(=O)n3c2cc1C. The normalized spacial score (nSPS) is 12.2. The molecule has 0 aliphatic carbocycles. The minimum atomic E-state index is -1.14. The molecule has 0 spiro atoms. The van der Waals surface area contributed by atoms with Gasteiger partial charge in [-0.25, -0.2) is 14.2 Å². The van der Waals surface area contributed by atoms with E-state index < -0.39 is 12.6 Å². The molecular formula is C20H14Cl2N2O4S. The molecular weight excluding hydrogens is 435 g/mol. The fraction of sp³-hybridized carbons (Fsp3) is 0.150. The molecule has 2 heterocycles. The number of carbonyl (C=O) groups is 1. The summed E-state index contributed by atoms with van der Waals surface area (Å²) in [4.78, 5) is 28.8. The Morgan fingerprint density at radius 2 is 1.86 bits per heavy atom. The van der Waals surface area contributed by atoms with Crippen LogP contribution in [0.2, 0.25) is 10.0 Å². The zero-order chi connectivity index (χ0) is 20.9. The number of carboxylic acid groups (broad SMARTS) is 1. The van der Waals surface area contributed by atoms with Crippen molar-refractivity contribution < 1.29 is 14.6 Å². The van der Waals surface area contributed by atoms with E-state index in [2.05, 4.69) is 4.98 Å². The quantitative estimate of drug-likeness (QED) is 0.512. The van der Waals surface area contributed by atoms with Crippen molar-refractivity contribution in [3.63, 3.8) is 0 Å². The molecule has 0 unspecified atom stereocenters. The number of fused-ring (bicyclic) bond motifs is 3. The number of halogens is 2. The summed E-state index contributed by atoms with van der Waals surface area (Å²) >= 11 is 13.6. The summed E-state index contributed by atoms with van der Waals surface area (Å²) in [7, 11) is 0. The van der Waals surface area contributed by atoms with Gasteiger partial charge in [-0.1, -0.05) is 34.5 Å². The molecule has 0 bridgehead atoms. The highest BCUT2D eigenvalue weighted by Crippen LogP contribution is 2.34. The second-order valence-electron chi connectivity index (χ2n) is 6.57. The summed E-state index contributed by atoms with van der Waals surface area (Å²) < 4.78 is 7.20. The van der Waals surface area contributed by atoms with Crippen LogP contribution in [0.15, 0.2) is 29.1 Å². The van der Waals surface area contributed by atoms with Gasteiger partial charge in [-0.05, 0) is 60.9 Å². The van der Waals surface area contributed by atoms with Crippen LogP contribution in [0, 0.1) is 13.8 Å². The summed E-state index contributed by atoms with van der Waals surface area (Å²) in [6, 6.07) is 7.07. The van der Waals surface area contributed by atoms with Crippen molar-refractivity contribution in [2.24, 2.45) is 0 Å². The summed E-state index contributed by atoms with van der Waals surface area (Å²) in [6.07, 6.45) is 1.67. The summed E-state index contributed by atoms with van der Waals surface area (Å²) in [6.45, 7) is 3.45. The lowest BCUT2D eigenvalue weighted by molar-refractivity contribution is -0.139. The number of imidazole rings is 1. The number of benzene rings is 2. The van der Waals surface area contributed by atoms with Crippen LogP contribution >= 0.6 is 34.5 Å². The molecule has 0 radical (unpaired) electrons. The first kappa shape index (κ1) is 19.7. The van der Waals surface area contributed by atoms with E-state index in [9.17, 15) is 9.59 Å². The molecule has 2 aromatic heterocycles. The number of thiazole rings is 1. The van der Waals surface area contributed by atoms with Gasteiger partial charge in [0.05, 0.1) is 25.6 Å². The van der Waals surface area contributed by atoms with E-state index in [1.807, 2.05) is 26.0 Å². The molecule has 9 heteroatoms. The van der Waals surface area contributed by atoms with E-state index in [0.29, 0.717) is 15.1 Å². The van der Waals surface area contributed by atoms with Gasteiger partial charge in [-0.2, -0.15) is 0 Å². The maximum Gasteiger partial charge on any atom is 0.341 e. The number of carboxylic acids is 1. The lowest BCUT2D eigenvalue weighted by Crippen LogP contribution is -2.22. The zero-order valence-electron chi connectivity index (χ0n) is 15.3. The predicted molar refractivity (Wildman–Crippen MR) is 115 cm³/mol. The van der Waals surface area contributed by atoms with Crippen LogP contribution in [0.1, 0.15) is 16.7 Å². The third-order valence-corrected chi connectivity index (χ3v) is 6.04. The van der Waals surface area contributed by atoms with Gasteiger partial charge >= 0.3 is 5.97 Å². The van der Waals surface area contributed by atoms with Crippen molar-refractivity contribution in [1.82, 2.24) is 9.38 Å². The highest BCUT2D eigenvalue weighted by molar-refractivity contribution is 7.15. The highest BCUT2D eigenvalue weighted by atomic mass is 35.5. The Balaban J connectivity index is 1.82. The maximum atomic E-state index is 13.0. The summed E-state index contributed by atoms with van der Waals surface area (Å²) in [5, 5.41) is 9.06. The number of rotatable bonds is 4. The van der Waals surface area contributed by atoms with Crippen molar-refractivity contribution in [3.05, 3.63) is 65.9 Å². The van der Waals surface area contributed by atoms with Crippen molar-refractivity contribution in [2.75, 3.05) is 6.61 Å². The molecule has 1 N–H and O–H groups in total. The molecule has 4 rings (SSSR count). The lowest BCUT2D eigenvalue weighted by atomic mass is 10.1. The van der Waals surface area contributed by atoms with Crippen LogP contribution in [0.4, 0.5) is 0 Å². The van der Waals surface area contributed by atoms with Crippen LogP contribution in [0.5, 0.6) is 5.75 Å². The predicted octanol–water partition coefficient (Wildman–Crippen LogP) is 3.84. The summed E-state index contributed by atoms with van der Waals surface area (Å²) in [5.41, 5.74) is 4.20. The van der Waals surface area contributed by atoms with Crippen LogP contribution in [-0.4, -0.2) is 27.1 Å². The van der Waals surface area contributed by atoms with Gasteiger partial charge in [0.15, 0.2) is 17.3 Å². The monoisotopic (exact) mass is 448 g/mol. The van der Waals surface area contributed by atoms with Crippen LogP contribution < -0.4 is 14.8 Å². The molecule has 0 amide bonds. The van der Waals surface area contributed by atoms with Crippen LogP contribution in [0.3, 0.4) is 0 Å². The summed E-state index contributed by atoms with van der Waals surface area (Å²) in [5.74, 6) is -1.04. The first-order valence-electron chi connectivity index (χ1n) is 8.52. The second-order valence-corrected chi connectivity index (χ2v) is 8.39. The van der Waals surface area contributed by atoms with E-state index in [1.54, 1.807) is 22.6 Å². The van der Waals surface area contributed by atoms with Crippen LogP contribution in [-0.2, 0) is 4.79 Å². The third-order valence-electron chi connectivity index (χ3n) is 4.51. The Kier molecular flexibility index (Phi) is 4.98. The Labute approximate surface area is 178 Å². The van der Waals surface area contributed by atoms with E-state index in [1.165, 1.54) is 11.3 Å². The number of hydrogen-bond acceptors (Lipinski definition) is 5. The molecule has 2 aromatic carbocycles. The number of nitrogens with zero attached hydrogens (tertiary/aromatic N) is 2. The van der Waals surface area contributed by atoms with Crippen LogP contribution in [0.25, 0.3) is 22.1 Å². The number of aryl methyl sites for hydroxylation is 2. The highest BCUT2D eigenvalue weighted by Gasteiger charge is 2.14. The Bertz CT molecular complexity index is 1380. The Hall–Kier alpha value is -2.61. The minimum absolute atomic E-state index is 0.0908. The first-order chi connectivity index (χ1) is 13.7. The molecule has 0 atom stereocenters. The van der Waals surface area contributed by atoms with Gasteiger partial charge in [0.1, 0.15) is 0 Å². The molecule has 0 fully saturated rings. The standard InChI is InChI=1S/C20H14Cl2N2O4S/c1-9-3-14-15(4-10(9)2)24-19(27)16(29-20(24)23-14)7-11-5-12(21)18(13(22)6-11)28-8-17(25)26/h3-7H,8H2,1-2H3,(H,25,26)/b16-7-. The molecule has 4 aromatic rings. The Morgan fingerprint density at radius 1 is 1.21 bits per heavy atom. The van der Waals surface area contributed by atoms with Gasteiger partial charge in [-0.3, -0.25) is 4.79 Å². The fourth-order valence-electron chi connectivity index (χ4n) is 3.00. The largest absolute Gasteiger partial charge is 0.479 e. The number of ether oxygens (including phenoxy) is 1. The minimum Gasteiger partial charge on any atom is -0.479 e. The van der Waals surface area contributed by atoms with Crippen molar-refractivity contribution in [1.29, 1.82) is 0 Å². The molecule has 0 aliphatic heterocycles. The average molecular weight is 449 g/mol. The second kappa shape index (κ2) is 7.33. The first-order valence-corrected chi connectivity index (χ1v) is 10.1. The average Bonchev–Trinajstić information content (AvgIpc) is 3.11. The smallest absolute Gasteiger partial charge is 0.341 e. The van der Waals surface area contributed by atoms with Crippen molar-refractivity contribution >= 4 is 62.6 Å². The van der Waals surface area contributed by atoms with Gasteiger partial charge in [-0.15, -0.1) is 0 Å². The van der Waals surface area contributed by atoms with Gasteiger partial charge in [0, 0.05) is 0 Å². The zero-order valence-corrected chi connectivity index (χ0v) is 17.7. The molecule has 29 heavy (non-hydrogen) atoms. The lowest BCUT2D eigenvalue weighted by Gasteiger charge is -2.08. The number of hydrogen-bond donors (Lipinski definition) is 1. The van der Waals surface area contributed by atoms with E-state index in [4.69, 9.17) is 33.0 Å². The topological polar surface area (TPSA) is 80.9 Å². The van der Waals surface area contributed by atoms with Gasteiger partial charge in [0.2, 0.25) is 0 Å². The third kappa shape index (κ3) is 3.57. The molecule has 148 valence electrons.